The summed E-state index contributed by atoms with van der Waals surface area (Å²) in [6.45, 7) is 5.32. The Balaban J connectivity index is 0.000000198. The topological polar surface area (TPSA) is 81.1 Å². The smallest absolute Gasteiger partial charge is 0.418 e. The number of piperidine rings is 2. The quantitative estimate of drug-likeness (QED) is 0.539. The summed E-state index contributed by atoms with van der Waals surface area (Å²) >= 11 is 0. The van der Waals surface area contributed by atoms with E-state index in [1.54, 1.807) is 17.0 Å². The Labute approximate surface area is 203 Å². The van der Waals surface area contributed by atoms with Crippen molar-refractivity contribution in [3.05, 3.63) is 58.7 Å². The molecule has 2 N–H and O–H groups in total. The van der Waals surface area contributed by atoms with Crippen LogP contribution in [0.2, 0.25) is 0 Å². The number of hydrogen-bond donors (Lipinski definition) is 2. The summed E-state index contributed by atoms with van der Waals surface area (Å²) in [6, 6.07) is 8.58. The van der Waals surface area contributed by atoms with Crippen LogP contribution in [0.15, 0.2) is 36.4 Å². The van der Waals surface area contributed by atoms with Crippen LogP contribution >= 0.6 is 0 Å². The van der Waals surface area contributed by atoms with Gasteiger partial charge in [0, 0.05) is 37.6 Å². The number of nitrogens with zero attached hydrogens (tertiary/aromatic N) is 2. The fourth-order valence-electron chi connectivity index (χ4n) is 4.58. The van der Waals surface area contributed by atoms with Crippen molar-refractivity contribution in [1.82, 2.24) is 0 Å². The van der Waals surface area contributed by atoms with Gasteiger partial charge in [0.15, 0.2) is 0 Å². The first-order valence-corrected chi connectivity index (χ1v) is 11.9. The lowest BCUT2D eigenvalue weighted by Crippen LogP contribution is -2.31. The molecule has 0 saturated carbocycles. The highest BCUT2D eigenvalue weighted by Crippen LogP contribution is 2.38. The molecule has 0 atom stereocenters. The maximum atomic E-state index is 13.0. The van der Waals surface area contributed by atoms with Crippen molar-refractivity contribution in [3.8, 4) is 0 Å². The standard InChI is InChI=1S/C13H14F3NO2.C13H17NO2/c14-13(15,16)10-8-9(12(18)19)4-5-11(10)17-6-2-1-3-7-17;1-10-9-11(13(15)16)5-6-12(10)14-7-3-2-4-8-14/h4-5,8H,1-3,6-7H2,(H,18,19);5-6,9H,2-4,7-8H2,1H3,(H,15,16). The average molecular weight is 493 g/mol. The Morgan fingerprint density at radius 3 is 1.57 bits per heavy atom. The van der Waals surface area contributed by atoms with Gasteiger partial charge in [-0.25, -0.2) is 9.59 Å². The number of carboxylic acid groups (broad SMARTS) is 2. The number of benzene rings is 2. The Hall–Kier alpha value is -3.23. The van der Waals surface area contributed by atoms with Crippen LogP contribution in [0.25, 0.3) is 0 Å². The summed E-state index contributed by atoms with van der Waals surface area (Å²) < 4.78 is 39.1. The van der Waals surface area contributed by atoms with Crippen molar-refractivity contribution < 1.29 is 33.0 Å². The second kappa shape index (κ2) is 11.5. The molecule has 2 fully saturated rings. The molecule has 0 aromatic heterocycles. The maximum Gasteiger partial charge on any atom is 0.418 e. The van der Waals surface area contributed by atoms with Gasteiger partial charge < -0.3 is 20.0 Å². The normalized spacial score (nSPS) is 16.3. The van der Waals surface area contributed by atoms with E-state index < -0.39 is 23.7 Å². The molecule has 190 valence electrons. The first kappa shape index (κ1) is 26.4. The van der Waals surface area contributed by atoms with Gasteiger partial charge in [-0.15, -0.1) is 0 Å². The van der Waals surface area contributed by atoms with E-state index in [0.29, 0.717) is 24.7 Å². The van der Waals surface area contributed by atoms with Crippen molar-refractivity contribution in [3.63, 3.8) is 0 Å². The molecule has 9 heteroatoms. The number of rotatable bonds is 4. The van der Waals surface area contributed by atoms with Crippen molar-refractivity contribution in [2.24, 2.45) is 0 Å². The molecule has 0 spiro atoms. The lowest BCUT2D eigenvalue weighted by molar-refractivity contribution is -0.137. The fourth-order valence-corrected chi connectivity index (χ4v) is 4.58. The zero-order valence-electron chi connectivity index (χ0n) is 19.8. The lowest BCUT2D eigenvalue weighted by Gasteiger charge is -2.31. The molecule has 2 saturated heterocycles. The fraction of sp³-hybridized carbons (Fsp3) is 0.462. The van der Waals surface area contributed by atoms with Gasteiger partial charge in [-0.2, -0.15) is 13.2 Å². The average Bonchev–Trinajstić information content (AvgIpc) is 2.84. The van der Waals surface area contributed by atoms with Crippen LogP contribution in [0.5, 0.6) is 0 Å². The van der Waals surface area contributed by atoms with Crippen LogP contribution in [-0.2, 0) is 6.18 Å². The van der Waals surface area contributed by atoms with E-state index in [4.69, 9.17) is 10.2 Å². The number of aromatic carboxylic acids is 2. The summed E-state index contributed by atoms with van der Waals surface area (Å²) in [5.41, 5.74) is 1.49. The van der Waals surface area contributed by atoms with Crippen LogP contribution < -0.4 is 9.80 Å². The molecule has 2 heterocycles. The van der Waals surface area contributed by atoms with Crippen LogP contribution in [0.4, 0.5) is 24.5 Å². The van der Waals surface area contributed by atoms with Crippen LogP contribution in [0.3, 0.4) is 0 Å². The van der Waals surface area contributed by atoms with E-state index in [2.05, 4.69) is 4.90 Å². The molecule has 2 aromatic rings. The highest BCUT2D eigenvalue weighted by molar-refractivity contribution is 5.89. The number of alkyl halides is 3. The van der Waals surface area contributed by atoms with Gasteiger partial charge in [0.1, 0.15) is 0 Å². The third-order valence-electron chi connectivity index (χ3n) is 6.39. The summed E-state index contributed by atoms with van der Waals surface area (Å²) in [5, 5.41) is 17.7. The molecule has 35 heavy (non-hydrogen) atoms. The highest BCUT2D eigenvalue weighted by Gasteiger charge is 2.36. The number of carboxylic acids is 2. The summed E-state index contributed by atoms with van der Waals surface area (Å²) in [6.07, 6.45) is 1.97. The number of halogens is 3. The lowest BCUT2D eigenvalue weighted by atomic mass is 10.0. The largest absolute Gasteiger partial charge is 0.478 e. The highest BCUT2D eigenvalue weighted by atomic mass is 19.4. The molecule has 6 nitrogen and oxygen atoms in total. The molecule has 0 amide bonds. The predicted octanol–water partition coefficient (Wildman–Crippen LogP) is 6.08. The maximum absolute atomic E-state index is 13.0. The minimum Gasteiger partial charge on any atom is -0.478 e. The van der Waals surface area contributed by atoms with E-state index in [1.807, 2.05) is 13.0 Å². The van der Waals surface area contributed by atoms with Gasteiger partial charge >= 0.3 is 18.1 Å². The summed E-state index contributed by atoms with van der Waals surface area (Å²) in [5.74, 6) is -2.20. The number of hydrogen-bond acceptors (Lipinski definition) is 4. The van der Waals surface area contributed by atoms with Crippen molar-refractivity contribution in [2.45, 2.75) is 51.6 Å². The van der Waals surface area contributed by atoms with E-state index in [1.165, 1.54) is 37.1 Å². The third-order valence-corrected chi connectivity index (χ3v) is 6.39. The van der Waals surface area contributed by atoms with Gasteiger partial charge in [0.05, 0.1) is 16.7 Å². The molecule has 0 aliphatic carbocycles. The molecule has 0 radical (unpaired) electrons. The summed E-state index contributed by atoms with van der Waals surface area (Å²) in [4.78, 5) is 25.6. The van der Waals surface area contributed by atoms with Gasteiger partial charge in [-0.3, -0.25) is 0 Å². The van der Waals surface area contributed by atoms with Crippen molar-refractivity contribution in [2.75, 3.05) is 36.0 Å². The van der Waals surface area contributed by atoms with Crippen LogP contribution in [0.1, 0.15) is 70.4 Å². The summed E-state index contributed by atoms with van der Waals surface area (Å²) in [7, 11) is 0. The number of aryl methyl sites for hydroxylation is 1. The molecular weight excluding hydrogens is 461 g/mol. The van der Waals surface area contributed by atoms with E-state index in [9.17, 15) is 22.8 Å². The van der Waals surface area contributed by atoms with Gasteiger partial charge in [-0.05, 0) is 87.4 Å². The van der Waals surface area contributed by atoms with E-state index in [0.717, 1.165) is 37.9 Å². The number of anilines is 2. The third kappa shape index (κ3) is 6.90. The first-order chi connectivity index (χ1) is 16.6. The molecule has 2 aliphatic heterocycles. The van der Waals surface area contributed by atoms with Crippen LogP contribution in [-0.4, -0.2) is 48.3 Å². The minimum absolute atomic E-state index is 0.0807. The van der Waals surface area contributed by atoms with Crippen LogP contribution in [0, 0.1) is 6.92 Å². The SMILES string of the molecule is Cc1cc(C(=O)O)ccc1N1CCCCC1.O=C(O)c1ccc(N2CCCCC2)c(C(F)(F)F)c1. The number of carbonyl (C=O) groups is 2. The van der Waals surface area contributed by atoms with Crippen molar-refractivity contribution in [1.29, 1.82) is 0 Å². The van der Waals surface area contributed by atoms with Gasteiger partial charge in [-0.1, -0.05) is 0 Å². The van der Waals surface area contributed by atoms with Gasteiger partial charge in [0.2, 0.25) is 0 Å². The zero-order chi connectivity index (χ0) is 25.6. The van der Waals surface area contributed by atoms with Gasteiger partial charge in [0.25, 0.3) is 0 Å². The monoisotopic (exact) mass is 492 g/mol. The molecule has 2 aliphatic rings. The zero-order valence-corrected chi connectivity index (χ0v) is 19.8. The van der Waals surface area contributed by atoms with E-state index >= 15 is 0 Å². The molecule has 2 aromatic carbocycles. The molecule has 0 unspecified atom stereocenters. The Morgan fingerprint density at radius 2 is 1.14 bits per heavy atom. The Morgan fingerprint density at radius 1 is 0.714 bits per heavy atom. The second-order valence-corrected chi connectivity index (χ2v) is 8.94. The predicted molar refractivity (Wildman–Crippen MR) is 129 cm³/mol. The van der Waals surface area contributed by atoms with E-state index in [-0.39, 0.29) is 11.3 Å². The Kier molecular flexibility index (Phi) is 8.64. The molecule has 0 bridgehead atoms. The second-order valence-electron chi connectivity index (χ2n) is 8.94. The van der Waals surface area contributed by atoms with Crippen molar-refractivity contribution >= 4 is 23.3 Å². The first-order valence-electron chi connectivity index (χ1n) is 11.9. The molecular formula is C26H31F3N2O4. The minimum atomic E-state index is -4.54. The Bertz CT molecular complexity index is 1040. The molecule has 4 rings (SSSR count).